The van der Waals surface area contributed by atoms with Crippen LogP contribution in [-0.4, -0.2) is 31.1 Å². The van der Waals surface area contributed by atoms with Crippen LogP contribution in [0.5, 0.6) is 0 Å². The van der Waals surface area contributed by atoms with E-state index < -0.39 is 0 Å². The highest BCUT2D eigenvalue weighted by molar-refractivity contribution is 5.85. The molecule has 1 aromatic carbocycles. The molecule has 0 spiro atoms. The van der Waals surface area contributed by atoms with Gasteiger partial charge < -0.3 is 5.32 Å². The first-order valence-electron chi connectivity index (χ1n) is 6.85. The number of hydrogen-bond donors (Lipinski definition) is 1. The zero-order valence-corrected chi connectivity index (χ0v) is 12.2. The molecule has 0 radical (unpaired) electrons. The zero-order valence-electron chi connectivity index (χ0n) is 11.4. The van der Waals surface area contributed by atoms with E-state index in [-0.39, 0.29) is 18.2 Å². The molecule has 2 aliphatic rings. The maximum Gasteiger partial charge on any atom is 0.123 e. The third-order valence-electron chi connectivity index (χ3n) is 4.32. The van der Waals surface area contributed by atoms with Gasteiger partial charge in [-0.05, 0) is 48.1 Å². The number of nitrogens with one attached hydrogen (secondary N) is 1. The van der Waals surface area contributed by atoms with Crippen LogP contribution in [-0.2, 0) is 13.0 Å². The number of halogens is 2. The van der Waals surface area contributed by atoms with Gasteiger partial charge in [0.05, 0.1) is 0 Å². The third kappa shape index (κ3) is 3.28. The second-order valence-electron chi connectivity index (χ2n) is 6.11. The SMILES string of the molecule is CC1(CN2CCc3cc(F)ccc3C2)CCNC1.Cl. The van der Waals surface area contributed by atoms with Crippen molar-refractivity contribution in [2.75, 3.05) is 26.2 Å². The molecule has 1 N–H and O–H groups in total. The van der Waals surface area contributed by atoms with Gasteiger partial charge in [0.25, 0.3) is 0 Å². The topological polar surface area (TPSA) is 15.3 Å². The van der Waals surface area contributed by atoms with Crippen LogP contribution in [0.4, 0.5) is 4.39 Å². The van der Waals surface area contributed by atoms with Gasteiger partial charge in [0.2, 0.25) is 0 Å². The van der Waals surface area contributed by atoms with E-state index in [9.17, 15) is 4.39 Å². The van der Waals surface area contributed by atoms with Crippen molar-refractivity contribution in [3.8, 4) is 0 Å². The Kier molecular flexibility index (Phi) is 4.49. The zero-order chi connectivity index (χ0) is 12.6. The minimum Gasteiger partial charge on any atom is -0.316 e. The van der Waals surface area contributed by atoms with Gasteiger partial charge in [-0.25, -0.2) is 4.39 Å². The Balaban J connectivity index is 0.00000133. The lowest BCUT2D eigenvalue weighted by atomic mass is 9.88. The first-order chi connectivity index (χ1) is 8.65. The molecule has 2 nitrogen and oxygen atoms in total. The molecule has 19 heavy (non-hydrogen) atoms. The van der Waals surface area contributed by atoms with Crippen molar-refractivity contribution < 1.29 is 4.39 Å². The minimum absolute atomic E-state index is 0. The summed E-state index contributed by atoms with van der Waals surface area (Å²) in [5.74, 6) is -0.103. The molecule has 4 heteroatoms. The first-order valence-corrected chi connectivity index (χ1v) is 6.85. The molecule has 1 saturated heterocycles. The van der Waals surface area contributed by atoms with Gasteiger partial charge in [0.1, 0.15) is 5.82 Å². The van der Waals surface area contributed by atoms with E-state index in [0.29, 0.717) is 5.41 Å². The van der Waals surface area contributed by atoms with Crippen molar-refractivity contribution in [2.24, 2.45) is 5.41 Å². The van der Waals surface area contributed by atoms with Gasteiger partial charge in [-0.1, -0.05) is 13.0 Å². The molecule has 0 saturated carbocycles. The van der Waals surface area contributed by atoms with Gasteiger partial charge in [-0.3, -0.25) is 4.90 Å². The highest BCUT2D eigenvalue weighted by Gasteiger charge is 2.31. The molecule has 3 rings (SSSR count). The van der Waals surface area contributed by atoms with Crippen molar-refractivity contribution in [1.82, 2.24) is 10.2 Å². The van der Waals surface area contributed by atoms with Gasteiger partial charge in [-0.15, -0.1) is 12.4 Å². The Hall–Kier alpha value is -0.640. The van der Waals surface area contributed by atoms with Gasteiger partial charge in [-0.2, -0.15) is 0 Å². The summed E-state index contributed by atoms with van der Waals surface area (Å²) in [7, 11) is 0. The summed E-state index contributed by atoms with van der Waals surface area (Å²) < 4.78 is 13.2. The van der Waals surface area contributed by atoms with E-state index in [4.69, 9.17) is 0 Å². The molecular weight excluding hydrogens is 263 g/mol. The van der Waals surface area contributed by atoms with E-state index >= 15 is 0 Å². The Morgan fingerprint density at radius 2 is 2.21 bits per heavy atom. The molecule has 1 unspecified atom stereocenters. The normalized spacial score (nSPS) is 26.8. The molecule has 106 valence electrons. The Morgan fingerprint density at radius 1 is 1.37 bits per heavy atom. The fourth-order valence-electron chi connectivity index (χ4n) is 3.26. The van der Waals surface area contributed by atoms with Crippen molar-refractivity contribution in [1.29, 1.82) is 0 Å². The minimum atomic E-state index is -0.103. The lowest BCUT2D eigenvalue weighted by Crippen LogP contribution is -2.40. The summed E-state index contributed by atoms with van der Waals surface area (Å²) in [4.78, 5) is 2.52. The second kappa shape index (κ2) is 5.78. The molecule has 1 atom stereocenters. The Labute approximate surface area is 120 Å². The van der Waals surface area contributed by atoms with Crippen LogP contribution in [0.3, 0.4) is 0 Å². The summed E-state index contributed by atoms with van der Waals surface area (Å²) in [5, 5.41) is 3.45. The van der Waals surface area contributed by atoms with Gasteiger partial charge in [0, 0.05) is 26.2 Å². The van der Waals surface area contributed by atoms with Crippen LogP contribution < -0.4 is 5.32 Å². The Bertz CT molecular complexity index is 444. The molecule has 0 aromatic heterocycles. The van der Waals surface area contributed by atoms with Crippen LogP contribution in [0.2, 0.25) is 0 Å². The molecule has 0 amide bonds. The number of fused-ring (bicyclic) bond motifs is 1. The highest BCUT2D eigenvalue weighted by Crippen LogP contribution is 2.28. The summed E-state index contributed by atoms with van der Waals surface area (Å²) in [6.07, 6.45) is 2.25. The van der Waals surface area contributed by atoms with Gasteiger partial charge >= 0.3 is 0 Å². The number of benzene rings is 1. The monoisotopic (exact) mass is 284 g/mol. The maximum absolute atomic E-state index is 13.2. The van der Waals surface area contributed by atoms with E-state index in [1.165, 1.54) is 17.5 Å². The van der Waals surface area contributed by atoms with Crippen molar-refractivity contribution >= 4 is 12.4 Å². The molecule has 2 heterocycles. The predicted octanol–water partition coefficient (Wildman–Crippen LogP) is 2.61. The molecule has 2 aliphatic heterocycles. The predicted molar refractivity (Wildman–Crippen MR) is 78.2 cm³/mol. The number of rotatable bonds is 2. The van der Waals surface area contributed by atoms with Crippen molar-refractivity contribution in [2.45, 2.75) is 26.3 Å². The molecule has 1 fully saturated rings. The fraction of sp³-hybridized carbons (Fsp3) is 0.600. The summed E-state index contributed by atoms with van der Waals surface area (Å²) in [6, 6.07) is 5.23. The lowest BCUT2D eigenvalue weighted by Gasteiger charge is -2.35. The molecule has 0 aliphatic carbocycles. The summed E-state index contributed by atoms with van der Waals surface area (Å²) >= 11 is 0. The van der Waals surface area contributed by atoms with Crippen LogP contribution in [0.15, 0.2) is 18.2 Å². The van der Waals surface area contributed by atoms with E-state index in [2.05, 4.69) is 17.1 Å². The van der Waals surface area contributed by atoms with E-state index in [0.717, 1.165) is 39.1 Å². The largest absolute Gasteiger partial charge is 0.316 e. The van der Waals surface area contributed by atoms with Crippen LogP contribution in [0.1, 0.15) is 24.5 Å². The van der Waals surface area contributed by atoms with Crippen LogP contribution in [0.25, 0.3) is 0 Å². The molecule has 0 bridgehead atoms. The second-order valence-corrected chi connectivity index (χ2v) is 6.11. The number of nitrogens with zero attached hydrogens (tertiary/aromatic N) is 1. The lowest BCUT2D eigenvalue weighted by molar-refractivity contribution is 0.164. The highest BCUT2D eigenvalue weighted by atomic mass is 35.5. The quantitative estimate of drug-likeness (QED) is 0.898. The first kappa shape index (κ1) is 14.8. The summed E-state index contributed by atoms with van der Waals surface area (Å²) in [6.45, 7) is 7.83. The maximum atomic E-state index is 13.2. The fourth-order valence-corrected chi connectivity index (χ4v) is 3.26. The van der Waals surface area contributed by atoms with Crippen molar-refractivity contribution in [3.05, 3.63) is 35.1 Å². The van der Waals surface area contributed by atoms with E-state index in [1.807, 2.05) is 6.07 Å². The van der Waals surface area contributed by atoms with Crippen LogP contribution in [0, 0.1) is 11.2 Å². The van der Waals surface area contributed by atoms with E-state index in [1.54, 1.807) is 12.1 Å². The average molecular weight is 285 g/mol. The van der Waals surface area contributed by atoms with Gasteiger partial charge in [0.15, 0.2) is 0 Å². The average Bonchev–Trinajstić information content (AvgIpc) is 2.76. The molecular formula is C15H22ClFN2. The van der Waals surface area contributed by atoms with Crippen LogP contribution >= 0.6 is 12.4 Å². The standard InChI is InChI=1S/C15H21FN2.ClH/c1-15(5-6-17-10-15)11-18-7-4-12-8-14(16)3-2-13(12)9-18;/h2-3,8,17H,4-7,9-11H2,1H3;1H. The summed E-state index contributed by atoms with van der Waals surface area (Å²) in [5.41, 5.74) is 2.91. The number of hydrogen-bond acceptors (Lipinski definition) is 2. The Morgan fingerprint density at radius 3 is 2.95 bits per heavy atom. The molecule has 1 aromatic rings. The smallest absolute Gasteiger partial charge is 0.123 e. The third-order valence-corrected chi connectivity index (χ3v) is 4.32. The van der Waals surface area contributed by atoms with Crippen molar-refractivity contribution in [3.63, 3.8) is 0 Å².